The highest BCUT2D eigenvalue weighted by atomic mass is 79.9. The molecule has 0 bridgehead atoms. The summed E-state index contributed by atoms with van der Waals surface area (Å²) in [7, 11) is 1.72. The topological polar surface area (TPSA) is 26.5 Å². The standard InChI is InChI=1S/C15H13BrN2O/c1-19-15(11-5-3-2-4-6-11)13-9-17-14-8-7-12(16)10-18(13)14/h2-10,15H,1H3. The minimum atomic E-state index is -0.120. The number of ether oxygens (including phenoxy) is 1. The lowest BCUT2D eigenvalue weighted by Crippen LogP contribution is -2.06. The molecular formula is C15H13BrN2O. The SMILES string of the molecule is COC(c1ccccc1)c1cnc2ccc(Br)cn12. The third-order valence-corrected chi connectivity index (χ3v) is 3.57. The summed E-state index contributed by atoms with van der Waals surface area (Å²) in [5, 5.41) is 0. The molecule has 0 fully saturated rings. The Morgan fingerprint density at radius 2 is 1.95 bits per heavy atom. The lowest BCUT2D eigenvalue weighted by atomic mass is 10.1. The van der Waals surface area contributed by atoms with E-state index >= 15 is 0 Å². The highest BCUT2D eigenvalue weighted by molar-refractivity contribution is 9.10. The molecule has 0 radical (unpaired) electrons. The normalized spacial score (nSPS) is 12.7. The maximum absolute atomic E-state index is 5.65. The Kier molecular flexibility index (Phi) is 3.36. The van der Waals surface area contributed by atoms with Crippen molar-refractivity contribution in [1.29, 1.82) is 0 Å². The smallest absolute Gasteiger partial charge is 0.137 e. The van der Waals surface area contributed by atoms with Crippen LogP contribution in [0.3, 0.4) is 0 Å². The third-order valence-electron chi connectivity index (χ3n) is 3.10. The average Bonchev–Trinajstić information content (AvgIpc) is 2.84. The molecule has 2 heterocycles. The fraction of sp³-hybridized carbons (Fsp3) is 0.133. The van der Waals surface area contributed by atoms with E-state index in [1.54, 1.807) is 7.11 Å². The van der Waals surface area contributed by atoms with Crippen molar-refractivity contribution in [3.63, 3.8) is 0 Å². The Hall–Kier alpha value is -1.65. The summed E-state index contributed by atoms with van der Waals surface area (Å²) in [6, 6.07) is 14.1. The van der Waals surface area contributed by atoms with Gasteiger partial charge in [0.2, 0.25) is 0 Å². The van der Waals surface area contributed by atoms with Gasteiger partial charge in [-0.15, -0.1) is 0 Å². The van der Waals surface area contributed by atoms with E-state index in [9.17, 15) is 0 Å². The second-order valence-electron chi connectivity index (χ2n) is 4.29. The van der Waals surface area contributed by atoms with Crippen LogP contribution in [-0.2, 0) is 4.74 Å². The van der Waals surface area contributed by atoms with Gasteiger partial charge >= 0.3 is 0 Å². The zero-order chi connectivity index (χ0) is 13.2. The molecule has 0 aliphatic rings. The number of rotatable bonds is 3. The molecule has 2 aromatic heterocycles. The van der Waals surface area contributed by atoms with E-state index in [1.165, 1.54) is 0 Å². The van der Waals surface area contributed by atoms with Crippen molar-refractivity contribution in [2.24, 2.45) is 0 Å². The van der Waals surface area contributed by atoms with Gasteiger partial charge in [-0.3, -0.25) is 4.40 Å². The van der Waals surface area contributed by atoms with Crippen molar-refractivity contribution < 1.29 is 4.74 Å². The van der Waals surface area contributed by atoms with E-state index in [0.717, 1.165) is 21.4 Å². The van der Waals surface area contributed by atoms with Gasteiger partial charge in [-0.2, -0.15) is 0 Å². The number of nitrogens with zero attached hydrogens (tertiary/aromatic N) is 2. The van der Waals surface area contributed by atoms with Crippen LogP contribution < -0.4 is 0 Å². The van der Waals surface area contributed by atoms with Crippen LogP contribution in [0.5, 0.6) is 0 Å². The van der Waals surface area contributed by atoms with Gasteiger partial charge in [0.05, 0.1) is 11.9 Å². The largest absolute Gasteiger partial charge is 0.370 e. The summed E-state index contributed by atoms with van der Waals surface area (Å²) < 4.78 is 8.72. The fourth-order valence-corrected chi connectivity index (χ4v) is 2.56. The molecule has 1 atom stereocenters. The van der Waals surface area contributed by atoms with Crippen molar-refractivity contribution in [2.45, 2.75) is 6.10 Å². The summed E-state index contributed by atoms with van der Waals surface area (Å²) >= 11 is 3.49. The van der Waals surface area contributed by atoms with Crippen molar-refractivity contribution in [1.82, 2.24) is 9.38 Å². The highest BCUT2D eigenvalue weighted by Gasteiger charge is 2.17. The molecule has 0 amide bonds. The van der Waals surface area contributed by atoms with Crippen LogP contribution >= 0.6 is 15.9 Å². The minimum Gasteiger partial charge on any atom is -0.370 e. The predicted octanol–water partition coefficient (Wildman–Crippen LogP) is 3.83. The van der Waals surface area contributed by atoms with Crippen LogP contribution in [0.25, 0.3) is 5.65 Å². The molecule has 1 unspecified atom stereocenters. The van der Waals surface area contributed by atoms with Crippen LogP contribution in [0.4, 0.5) is 0 Å². The van der Waals surface area contributed by atoms with E-state index in [-0.39, 0.29) is 6.10 Å². The predicted molar refractivity (Wildman–Crippen MR) is 78.2 cm³/mol. The number of hydrogen-bond acceptors (Lipinski definition) is 2. The molecule has 0 aliphatic heterocycles. The van der Waals surface area contributed by atoms with Crippen molar-refractivity contribution in [3.8, 4) is 0 Å². The van der Waals surface area contributed by atoms with Crippen LogP contribution in [0.15, 0.2) is 59.3 Å². The molecule has 96 valence electrons. The maximum atomic E-state index is 5.65. The van der Waals surface area contributed by atoms with Crippen LogP contribution in [0, 0.1) is 0 Å². The van der Waals surface area contributed by atoms with Gasteiger partial charge in [0, 0.05) is 17.8 Å². The van der Waals surface area contributed by atoms with E-state index in [2.05, 4.69) is 33.0 Å². The first-order chi connectivity index (χ1) is 9.29. The number of aromatic nitrogens is 2. The molecule has 4 heteroatoms. The monoisotopic (exact) mass is 316 g/mol. The maximum Gasteiger partial charge on any atom is 0.137 e. The number of halogens is 1. The first kappa shape index (κ1) is 12.4. The number of benzene rings is 1. The lowest BCUT2D eigenvalue weighted by molar-refractivity contribution is 0.132. The van der Waals surface area contributed by atoms with Crippen LogP contribution in [-0.4, -0.2) is 16.5 Å². The summed E-state index contributed by atoms with van der Waals surface area (Å²) in [6.07, 6.45) is 3.75. The van der Waals surface area contributed by atoms with Gasteiger partial charge in [0.25, 0.3) is 0 Å². The van der Waals surface area contributed by atoms with Gasteiger partial charge in [-0.1, -0.05) is 30.3 Å². The van der Waals surface area contributed by atoms with E-state index in [0.29, 0.717) is 0 Å². The Balaban J connectivity index is 2.14. The van der Waals surface area contributed by atoms with Gasteiger partial charge < -0.3 is 4.74 Å². The third kappa shape index (κ3) is 2.29. The van der Waals surface area contributed by atoms with Crippen molar-refractivity contribution >= 4 is 21.6 Å². The molecule has 3 aromatic rings. The van der Waals surface area contributed by atoms with Gasteiger partial charge in [0.15, 0.2) is 0 Å². The summed E-state index contributed by atoms with van der Waals surface area (Å²) in [5.74, 6) is 0. The van der Waals surface area contributed by atoms with Gasteiger partial charge in [0.1, 0.15) is 11.8 Å². The number of pyridine rings is 1. The van der Waals surface area contributed by atoms with Crippen molar-refractivity contribution in [3.05, 3.63) is 70.6 Å². The van der Waals surface area contributed by atoms with Gasteiger partial charge in [-0.25, -0.2) is 4.98 Å². The van der Waals surface area contributed by atoms with Crippen LogP contribution in [0.2, 0.25) is 0 Å². The molecule has 3 nitrogen and oxygen atoms in total. The average molecular weight is 317 g/mol. The number of fused-ring (bicyclic) bond motifs is 1. The molecule has 0 spiro atoms. The minimum absolute atomic E-state index is 0.120. The first-order valence-corrected chi connectivity index (χ1v) is 6.79. The van der Waals surface area contributed by atoms with Crippen molar-refractivity contribution in [2.75, 3.05) is 7.11 Å². The molecule has 1 aromatic carbocycles. The Labute approximate surface area is 120 Å². The van der Waals surface area contributed by atoms with E-state index in [4.69, 9.17) is 4.74 Å². The number of hydrogen-bond donors (Lipinski definition) is 0. The fourth-order valence-electron chi connectivity index (χ4n) is 2.22. The summed E-state index contributed by atoms with van der Waals surface area (Å²) in [5.41, 5.74) is 3.05. The number of methoxy groups -OCH3 is 1. The molecule has 0 saturated carbocycles. The van der Waals surface area contributed by atoms with Gasteiger partial charge in [-0.05, 0) is 33.6 Å². The van der Waals surface area contributed by atoms with Crippen LogP contribution in [0.1, 0.15) is 17.4 Å². The van der Waals surface area contributed by atoms with E-state index in [1.807, 2.05) is 47.1 Å². The zero-order valence-corrected chi connectivity index (χ0v) is 12.0. The highest BCUT2D eigenvalue weighted by Crippen LogP contribution is 2.26. The second-order valence-corrected chi connectivity index (χ2v) is 5.20. The second kappa shape index (κ2) is 5.15. The molecule has 19 heavy (non-hydrogen) atoms. The molecule has 0 saturated heterocycles. The zero-order valence-electron chi connectivity index (χ0n) is 10.5. The van der Waals surface area contributed by atoms with E-state index < -0.39 is 0 Å². The first-order valence-electron chi connectivity index (χ1n) is 6.00. The molecule has 0 aliphatic carbocycles. The molecule has 3 rings (SSSR count). The molecule has 0 N–H and O–H groups in total. The molecular weight excluding hydrogens is 304 g/mol. The quantitative estimate of drug-likeness (QED) is 0.734. The Bertz CT molecular complexity index is 694. The number of imidazole rings is 1. The summed E-state index contributed by atoms with van der Waals surface area (Å²) in [4.78, 5) is 4.42. The Morgan fingerprint density at radius 1 is 1.16 bits per heavy atom. The Morgan fingerprint density at radius 3 is 2.68 bits per heavy atom. The lowest BCUT2D eigenvalue weighted by Gasteiger charge is -2.15. The summed E-state index contributed by atoms with van der Waals surface area (Å²) in [6.45, 7) is 0.